The summed E-state index contributed by atoms with van der Waals surface area (Å²) in [6.07, 6.45) is 7.46. The van der Waals surface area contributed by atoms with Gasteiger partial charge in [-0.25, -0.2) is 0 Å². The Morgan fingerprint density at radius 1 is 1.35 bits per heavy atom. The Hall–Kier alpha value is -1.87. The van der Waals surface area contributed by atoms with E-state index in [1.54, 1.807) is 7.11 Å². The predicted molar refractivity (Wildman–Crippen MR) is 94.1 cm³/mol. The van der Waals surface area contributed by atoms with E-state index in [0.717, 1.165) is 6.42 Å². The second-order valence-corrected chi connectivity index (χ2v) is 6.42. The standard InChI is InChI=1S/C20H27NO2/c1-14(10-11-18-16(3)20(22)21-18)12-15(2)19(23-4)13-17-8-6-5-7-9-17/h5-12,15-16,18-19H,13H2,1-4H3,(H,21,22)/b11-10+,14-12+/t15-,16+,18+,19-/m1/s1. The number of methoxy groups -OCH3 is 1. The summed E-state index contributed by atoms with van der Waals surface area (Å²) in [4.78, 5) is 11.2. The first-order chi connectivity index (χ1) is 11.0. The molecule has 1 aliphatic rings. The summed E-state index contributed by atoms with van der Waals surface area (Å²) in [6, 6.07) is 10.6. The monoisotopic (exact) mass is 313 g/mol. The molecule has 1 aromatic carbocycles. The van der Waals surface area contributed by atoms with E-state index < -0.39 is 0 Å². The van der Waals surface area contributed by atoms with Gasteiger partial charge in [0, 0.05) is 13.0 Å². The van der Waals surface area contributed by atoms with Crippen molar-refractivity contribution in [1.82, 2.24) is 5.32 Å². The molecule has 3 nitrogen and oxygen atoms in total. The van der Waals surface area contributed by atoms with Crippen LogP contribution in [-0.4, -0.2) is 25.2 Å². The lowest BCUT2D eigenvalue weighted by Crippen LogP contribution is -2.55. The van der Waals surface area contributed by atoms with Gasteiger partial charge >= 0.3 is 0 Å². The summed E-state index contributed by atoms with van der Waals surface area (Å²) in [5, 5.41) is 2.89. The lowest BCUT2D eigenvalue weighted by Gasteiger charge is -2.31. The number of hydrogen-bond donors (Lipinski definition) is 1. The molecule has 1 fully saturated rings. The highest BCUT2D eigenvalue weighted by molar-refractivity contribution is 5.86. The first kappa shape index (κ1) is 17.5. The van der Waals surface area contributed by atoms with Gasteiger partial charge in [-0.15, -0.1) is 0 Å². The van der Waals surface area contributed by atoms with Gasteiger partial charge in [-0.3, -0.25) is 4.79 Å². The van der Waals surface area contributed by atoms with Gasteiger partial charge in [0.1, 0.15) is 0 Å². The molecule has 0 aliphatic carbocycles. The van der Waals surface area contributed by atoms with Crippen LogP contribution in [-0.2, 0) is 16.0 Å². The fraction of sp³-hybridized carbons (Fsp3) is 0.450. The largest absolute Gasteiger partial charge is 0.381 e. The Bertz CT molecular complexity index is 577. The average molecular weight is 313 g/mol. The van der Waals surface area contributed by atoms with Crippen LogP contribution in [0.2, 0.25) is 0 Å². The molecule has 0 unspecified atom stereocenters. The van der Waals surface area contributed by atoms with Crippen molar-refractivity contribution < 1.29 is 9.53 Å². The summed E-state index contributed by atoms with van der Waals surface area (Å²) in [6.45, 7) is 6.23. The number of rotatable bonds is 7. The highest BCUT2D eigenvalue weighted by atomic mass is 16.5. The van der Waals surface area contributed by atoms with Gasteiger partial charge in [0.05, 0.1) is 18.1 Å². The molecular weight excluding hydrogens is 286 g/mol. The zero-order chi connectivity index (χ0) is 16.8. The second kappa shape index (κ2) is 8.11. The van der Waals surface area contributed by atoms with Crippen LogP contribution in [0.15, 0.2) is 54.1 Å². The number of amides is 1. The van der Waals surface area contributed by atoms with Crippen LogP contribution in [0.4, 0.5) is 0 Å². The van der Waals surface area contributed by atoms with Crippen molar-refractivity contribution in [3.63, 3.8) is 0 Å². The molecule has 0 spiro atoms. The zero-order valence-corrected chi connectivity index (χ0v) is 14.5. The fourth-order valence-electron chi connectivity index (χ4n) is 2.87. The van der Waals surface area contributed by atoms with E-state index in [1.807, 2.05) is 13.0 Å². The molecule has 1 amide bonds. The molecule has 2 rings (SSSR count). The predicted octanol–water partition coefficient (Wildman–Crippen LogP) is 3.52. The minimum Gasteiger partial charge on any atom is -0.381 e. The normalized spacial score (nSPS) is 24.2. The number of β-lactam (4-membered cyclic amide) rings is 1. The third-order valence-corrected chi connectivity index (χ3v) is 4.52. The Morgan fingerprint density at radius 3 is 2.61 bits per heavy atom. The van der Waals surface area contributed by atoms with E-state index in [4.69, 9.17) is 4.74 Å². The quantitative estimate of drug-likeness (QED) is 0.618. The summed E-state index contributed by atoms with van der Waals surface area (Å²) in [5.41, 5.74) is 2.49. The Kier molecular flexibility index (Phi) is 6.17. The number of benzene rings is 1. The zero-order valence-electron chi connectivity index (χ0n) is 14.5. The van der Waals surface area contributed by atoms with Crippen LogP contribution in [0.3, 0.4) is 0 Å². The summed E-state index contributed by atoms with van der Waals surface area (Å²) in [5.74, 6) is 0.538. The van der Waals surface area contributed by atoms with E-state index in [9.17, 15) is 4.79 Å². The van der Waals surface area contributed by atoms with E-state index in [1.165, 1.54) is 11.1 Å². The Morgan fingerprint density at radius 2 is 2.04 bits per heavy atom. The number of allylic oxidation sites excluding steroid dienone is 2. The van der Waals surface area contributed by atoms with Crippen LogP contribution >= 0.6 is 0 Å². The smallest absolute Gasteiger partial charge is 0.225 e. The van der Waals surface area contributed by atoms with Gasteiger partial charge in [-0.2, -0.15) is 0 Å². The average Bonchev–Trinajstić information content (AvgIpc) is 2.56. The molecule has 23 heavy (non-hydrogen) atoms. The van der Waals surface area contributed by atoms with Crippen molar-refractivity contribution in [2.45, 2.75) is 39.3 Å². The molecule has 1 N–H and O–H groups in total. The lowest BCUT2D eigenvalue weighted by molar-refractivity contribution is -0.132. The van der Waals surface area contributed by atoms with Gasteiger partial charge < -0.3 is 10.1 Å². The molecule has 1 heterocycles. The molecule has 0 radical (unpaired) electrons. The fourth-order valence-corrected chi connectivity index (χ4v) is 2.87. The van der Waals surface area contributed by atoms with Crippen molar-refractivity contribution in [3.05, 3.63) is 59.7 Å². The van der Waals surface area contributed by atoms with E-state index in [-0.39, 0.29) is 24.0 Å². The maximum absolute atomic E-state index is 11.2. The molecule has 0 saturated carbocycles. The highest BCUT2D eigenvalue weighted by Crippen LogP contribution is 2.19. The molecule has 1 aromatic rings. The van der Waals surface area contributed by atoms with Crippen molar-refractivity contribution in [2.75, 3.05) is 7.11 Å². The molecule has 0 bridgehead atoms. The van der Waals surface area contributed by atoms with Crippen LogP contribution < -0.4 is 5.32 Å². The van der Waals surface area contributed by atoms with Crippen molar-refractivity contribution in [3.8, 4) is 0 Å². The maximum atomic E-state index is 11.2. The molecule has 0 aromatic heterocycles. The minimum absolute atomic E-state index is 0.0845. The van der Waals surface area contributed by atoms with E-state index in [0.29, 0.717) is 5.92 Å². The van der Waals surface area contributed by atoms with Gasteiger partial charge in [0.25, 0.3) is 0 Å². The molecule has 3 heteroatoms. The van der Waals surface area contributed by atoms with Crippen molar-refractivity contribution in [1.29, 1.82) is 0 Å². The molecule has 4 atom stereocenters. The SMILES string of the molecule is CO[C@H](Cc1ccccc1)[C@H](C)/C=C(C)/C=C/[C@@H]1NC(=O)[C@H]1C. The Balaban J connectivity index is 1.93. The number of carbonyl (C=O) groups is 1. The molecule has 1 aliphatic heterocycles. The van der Waals surface area contributed by atoms with Gasteiger partial charge in [0.15, 0.2) is 0 Å². The maximum Gasteiger partial charge on any atom is 0.225 e. The molecular formula is C20H27NO2. The third-order valence-electron chi connectivity index (χ3n) is 4.52. The number of nitrogens with one attached hydrogen (secondary N) is 1. The number of ether oxygens (including phenoxy) is 1. The van der Waals surface area contributed by atoms with E-state index >= 15 is 0 Å². The summed E-state index contributed by atoms with van der Waals surface area (Å²) >= 11 is 0. The van der Waals surface area contributed by atoms with Crippen LogP contribution in [0, 0.1) is 11.8 Å². The first-order valence-corrected chi connectivity index (χ1v) is 8.25. The van der Waals surface area contributed by atoms with Crippen molar-refractivity contribution in [2.24, 2.45) is 11.8 Å². The first-order valence-electron chi connectivity index (χ1n) is 8.25. The Labute approximate surface area is 139 Å². The number of hydrogen-bond acceptors (Lipinski definition) is 2. The van der Waals surface area contributed by atoms with Crippen LogP contribution in [0.25, 0.3) is 0 Å². The molecule has 1 saturated heterocycles. The topological polar surface area (TPSA) is 38.3 Å². The summed E-state index contributed by atoms with van der Waals surface area (Å²) < 4.78 is 5.68. The van der Waals surface area contributed by atoms with Crippen LogP contribution in [0.1, 0.15) is 26.3 Å². The minimum atomic E-state index is 0.0845. The summed E-state index contributed by atoms with van der Waals surface area (Å²) in [7, 11) is 1.77. The lowest BCUT2D eigenvalue weighted by atomic mass is 9.91. The second-order valence-electron chi connectivity index (χ2n) is 6.42. The number of carbonyl (C=O) groups excluding carboxylic acids is 1. The van der Waals surface area contributed by atoms with Gasteiger partial charge in [-0.1, -0.05) is 68.0 Å². The van der Waals surface area contributed by atoms with E-state index in [2.05, 4.69) is 61.7 Å². The van der Waals surface area contributed by atoms with Crippen molar-refractivity contribution >= 4 is 5.91 Å². The van der Waals surface area contributed by atoms with Crippen LogP contribution in [0.5, 0.6) is 0 Å². The van der Waals surface area contributed by atoms with Gasteiger partial charge in [0.2, 0.25) is 5.91 Å². The third kappa shape index (κ3) is 4.80. The molecule has 124 valence electrons. The highest BCUT2D eigenvalue weighted by Gasteiger charge is 2.32. The van der Waals surface area contributed by atoms with Gasteiger partial charge in [-0.05, 0) is 18.9 Å².